The van der Waals surface area contributed by atoms with Crippen molar-refractivity contribution in [1.29, 1.82) is 0 Å². The maximum atomic E-state index is 5.59. The Balaban J connectivity index is 1.91. The topological polar surface area (TPSA) is 84.9 Å². The highest BCUT2D eigenvalue weighted by Gasteiger charge is 2.24. The molecule has 7 nitrogen and oxygen atoms in total. The number of likely N-dealkylation sites (tertiary alicyclic amines) is 1. The molecule has 0 aliphatic carbocycles. The van der Waals surface area contributed by atoms with Gasteiger partial charge >= 0.3 is 0 Å². The number of aromatic nitrogens is 4. The van der Waals surface area contributed by atoms with Crippen LogP contribution in [0.15, 0.2) is 6.20 Å². The van der Waals surface area contributed by atoms with Crippen molar-refractivity contribution in [2.24, 2.45) is 18.8 Å². The van der Waals surface area contributed by atoms with Crippen LogP contribution in [0.2, 0.25) is 0 Å². The van der Waals surface area contributed by atoms with Gasteiger partial charge in [0.05, 0.1) is 18.1 Å². The number of nitrogens with one attached hydrogen (secondary N) is 1. The molecule has 0 amide bonds. The fourth-order valence-corrected chi connectivity index (χ4v) is 3.03. The number of nitrogens with zero attached hydrogens (tertiary/aromatic N) is 5. The van der Waals surface area contributed by atoms with Gasteiger partial charge in [0, 0.05) is 19.6 Å². The summed E-state index contributed by atoms with van der Waals surface area (Å²) in [5.41, 5.74) is 3.47. The Hall–Kier alpha value is -1.73. The predicted molar refractivity (Wildman–Crippen MR) is 82.4 cm³/mol. The van der Waals surface area contributed by atoms with Crippen molar-refractivity contribution >= 4 is 16.9 Å². The highest BCUT2D eigenvalue weighted by molar-refractivity contribution is 5.86. The van der Waals surface area contributed by atoms with E-state index in [1.165, 1.54) is 12.8 Å². The van der Waals surface area contributed by atoms with Crippen LogP contribution in [-0.2, 0) is 13.6 Å². The average Bonchev–Trinajstić information content (AvgIpc) is 2.84. The van der Waals surface area contributed by atoms with Crippen molar-refractivity contribution in [3.05, 3.63) is 12.0 Å². The van der Waals surface area contributed by atoms with Gasteiger partial charge in [0.25, 0.3) is 0 Å². The fourth-order valence-electron chi connectivity index (χ4n) is 3.03. The number of hydrazine groups is 1. The van der Waals surface area contributed by atoms with Gasteiger partial charge in [-0.05, 0) is 25.7 Å². The number of nitrogens with two attached hydrogens (primary N) is 1. The zero-order valence-corrected chi connectivity index (χ0v) is 12.9. The molecule has 7 heteroatoms. The Morgan fingerprint density at radius 3 is 2.90 bits per heavy atom. The summed E-state index contributed by atoms with van der Waals surface area (Å²) in [6.45, 7) is 6.42. The molecule has 2 unspecified atom stereocenters. The normalized spacial score (nSPS) is 23.6. The van der Waals surface area contributed by atoms with E-state index in [1.807, 2.05) is 7.05 Å². The average molecular weight is 289 g/mol. The van der Waals surface area contributed by atoms with Crippen LogP contribution in [0.5, 0.6) is 0 Å². The van der Waals surface area contributed by atoms with Crippen molar-refractivity contribution in [2.45, 2.75) is 39.3 Å². The molecule has 1 aliphatic rings. The molecule has 1 aliphatic heterocycles. The second kappa shape index (κ2) is 5.57. The third kappa shape index (κ3) is 2.71. The standard InChI is InChI=1S/C14H23N7/c1-9-4-5-10(2)21(7-9)8-12-17-13(19-15)11-6-16-20(3)14(11)18-12/h6,9-10H,4-5,7-8,15H2,1-3H3,(H,17,18,19). The first-order valence-corrected chi connectivity index (χ1v) is 7.47. The number of aryl methyl sites for hydroxylation is 1. The molecular weight excluding hydrogens is 266 g/mol. The summed E-state index contributed by atoms with van der Waals surface area (Å²) < 4.78 is 1.75. The Bertz CT molecular complexity index is 636. The van der Waals surface area contributed by atoms with E-state index >= 15 is 0 Å². The van der Waals surface area contributed by atoms with Crippen molar-refractivity contribution in [1.82, 2.24) is 24.6 Å². The monoisotopic (exact) mass is 289 g/mol. The zero-order valence-electron chi connectivity index (χ0n) is 12.9. The number of hydrogen-bond acceptors (Lipinski definition) is 6. The van der Waals surface area contributed by atoms with Crippen molar-refractivity contribution in [2.75, 3.05) is 12.0 Å². The number of nitrogen functional groups attached to an aromatic ring is 1. The summed E-state index contributed by atoms with van der Waals surface area (Å²) in [4.78, 5) is 11.6. The Labute approximate surface area is 124 Å². The van der Waals surface area contributed by atoms with Gasteiger partial charge in [-0.3, -0.25) is 9.58 Å². The first kappa shape index (κ1) is 14.2. The lowest BCUT2D eigenvalue weighted by molar-refractivity contribution is 0.114. The molecule has 0 spiro atoms. The molecular formula is C14H23N7. The van der Waals surface area contributed by atoms with Gasteiger partial charge in [-0.2, -0.15) is 5.10 Å². The summed E-state index contributed by atoms with van der Waals surface area (Å²) in [6, 6.07) is 0.571. The first-order chi connectivity index (χ1) is 10.1. The maximum absolute atomic E-state index is 5.59. The molecule has 0 bridgehead atoms. The highest BCUT2D eigenvalue weighted by Crippen LogP contribution is 2.24. The summed E-state index contributed by atoms with van der Waals surface area (Å²) in [6.07, 6.45) is 4.27. The van der Waals surface area contributed by atoms with E-state index in [0.717, 1.165) is 35.9 Å². The van der Waals surface area contributed by atoms with Gasteiger partial charge in [-0.1, -0.05) is 6.92 Å². The molecule has 21 heavy (non-hydrogen) atoms. The van der Waals surface area contributed by atoms with Crippen LogP contribution in [0.25, 0.3) is 11.0 Å². The van der Waals surface area contributed by atoms with Crippen LogP contribution in [0.1, 0.15) is 32.5 Å². The number of anilines is 1. The Morgan fingerprint density at radius 1 is 1.33 bits per heavy atom. The second-order valence-electron chi connectivity index (χ2n) is 6.10. The van der Waals surface area contributed by atoms with E-state index in [4.69, 9.17) is 5.84 Å². The minimum absolute atomic E-state index is 0.571. The van der Waals surface area contributed by atoms with Crippen LogP contribution in [0.3, 0.4) is 0 Å². The van der Waals surface area contributed by atoms with E-state index in [1.54, 1.807) is 10.9 Å². The number of piperidine rings is 1. The summed E-state index contributed by atoms with van der Waals surface area (Å²) >= 11 is 0. The van der Waals surface area contributed by atoms with E-state index < -0.39 is 0 Å². The SMILES string of the molecule is CC1CCC(C)N(Cc2nc(NN)c3cnn(C)c3n2)C1. The van der Waals surface area contributed by atoms with Gasteiger partial charge in [-0.25, -0.2) is 15.8 Å². The lowest BCUT2D eigenvalue weighted by Crippen LogP contribution is -2.40. The van der Waals surface area contributed by atoms with Crippen molar-refractivity contribution in [3.63, 3.8) is 0 Å². The molecule has 0 saturated carbocycles. The molecule has 3 heterocycles. The van der Waals surface area contributed by atoms with E-state index in [-0.39, 0.29) is 0 Å². The number of fused-ring (bicyclic) bond motifs is 1. The van der Waals surface area contributed by atoms with Crippen molar-refractivity contribution < 1.29 is 0 Å². The molecule has 2 aromatic heterocycles. The molecule has 114 valence electrons. The van der Waals surface area contributed by atoms with Gasteiger partial charge in [-0.15, -0.1) is 0 Å². The fraction of sp³-hybridized carbons (Fsp3) is 0.643. The summed E-state index contributed by atoms with van der Waals surface area (Å²) in [7, 11) is 1.88. The second-order valence-corrected chi connectivity index (χ2v) is 6.10. The Morgan fingerprint density at radius 2 is 2.14 bits per heavy atom. The minimum atomic E-state index is 0.571. The molecule has 3 rings (SSSR count). The molecule has 1 saturated heterocycles. The summed E-state index contributed by atoms with van der Waals surface area (Å²) in [5, 5.41) is 5.08. The van der Waals surface area contributed by atoms with Gasteiger partial charge in [0.2, 0.25) is 0 Å². The molecule has 1 fully saturated rings. The van der Waals surface area contributed by atoms with Crippen LogP contribution >= 0.6 is 0 Å². The highest BCUT2D eigenvalue weighted by atomic mass is 15.3. The summed E-state index contributed by atoms with van der Waals surface area (Å²) in [5.74, 6) is 7.75. The zero-order chi connectivity index (χ0) is 15.0. The van der Waals surface area contributed by atoms with Gasteiger partial charge in [0.1, 0.15) is 5.82 Å². The third-order valence-electron chi connectivity index (χ3n) is 4.37. The van der Waals surface area contributed by atoms with Gasteiger partial charge < -0.3 is 5.43 Å². The van der Waals surface area contributed by atoms with E-state index in [0.29, 0.717) is 11.9 Å². The largest absolute Gasteiger partial charge is 0.308 e. The molecule has 0 radical (unpaired) electrons. The molecule has 0 aromatic carbocycles. The van der Waals surface area contributed by atoms with Crippen LogP contribution in [0, 0.1) is 5.92 Å². The van der Waals surface area contributed by atoms with E-state index in [2.05, 4.69) is 39.2 Å². The third-order valence-corrected chi connectivity index (χ3v) is 4.37. The van der Waals surface area contributed by atoms with Crippen LogP contribution < -0.4 is 11.3 Å². The number of rotatable bonds is 3. The minimum Gasteiger partial charge on any atom is -0.308 e. The lowest BCUT2D eigenvalue weighted by Gasteiger charge is -2.36. The van der Waals surface area contributed by atoms with Crippen LogP contribution in [-0.4, -0.2) is 37.2 Å². The number of hydrogen-bond donors (Lipinski definition) is 2. The van der Waals surface area contributed by atoms with Crippen molar-refractivity contribution in [3.8, 4) is 0 Å². The smallest absolute Gasteiger partial charge is 0.163 e. The van der Waals surface area contributed by atoms with Gasteiger partial charge in [0.15, 0.2) is 11.5 Å². The Kier molecular flexibility index (Phi) is 3.77. The lowest BCUT2D eigenvalue weighted by atomic mass is 9.95. The quantitative estimate of drug-likeness (QED) is 0.654. The molecule has 2 atom stereocenters. The first-order valence-electron chi connectivity index (χ1n) is 7.47. The maximum Gasteiger partial charge on any atom is 0.163 e. The van der Waals surface area contributed by atoms with Crippen LogP contribution in [0.4, 0.5) is 5.82 Å². The molecule has 2 aromatic rings. The van der Waals surface area contributed by atoms with E-state index in [9.17, 15) is 0 Å². The molecule has 3 N–H and O–H groups in total. The predicted octanol–water partition coefficient (Wildman–Crippen LogP) is 1.27.